The van der Waals surface area contributed by atoms with E-state index in [1.807, 2.05) is 25.3 Å². The molecule has 0 radical (unpaired) electrons. The van der Waals surface area contributed by atoms with Gasteiger partial charge < -0.3 is 10.6 Å². The van der Waals surface area contributed by atoms with Crippen LogP contribution in [0.3, 0.4) is 0 Å². The van der Waals surface area contributed by atoms with Crippen LogP contribution in [0.15, 0.2) is 22.6 Å². The Bertz CT molecular complexity index is 598. The van der Waals surface area contributed by atoms with Crippen molar-refractivity contribution in [3.05, 3.63) is 39.9 Å². The van der Waals surface area contributed by atoms with Crippen molar-refractivity contribution >= 4 is 41.3 Å². The van der Waals surface area contributed by atoms with E-state index in [-0.39, 0.29) is 24.0 Å². The van der Waals surface area contributed by atoms with Gasteiger partial charge in [0, 0.05) is 24.3 Å². The fraction of sp³-hybridized carbons (Fsp3) is 0.385. The van der Waals surface area contributed by atoms with Crippen LogP contribution in [0.2, 0.25) is 0 Å². The molecule has 0 saturated heterocycles. The van der Waals surface area contributed by atoms with Gasteiger partial charge in [0.15, 0.2) is 5.96 Å². The lowest BCUT2D eigenvalue weighted by Gasteiger charge is -2.10. The van der Waals surface area contributed by atoms with E-state index >= 15 is 0 Å². The van der Waals surface area contributed by atoms with Crippen LogP contribution in [0.25, 0.3) is 0 Å². The summed E-state index contributed by atoms with van der Waals surface area (Å²) in [5, 5.41) is 9.53. The molecule has 2 aromatic rings. The molecule has 0 amide bonds. The van der Waals surface area contributed by atoms with Gasteiger partial charge in [0.2, 0.25) is 0 Å². The predicted molar refractivity (Wildman–Crippen MR) is 96.1 cm³/mol. The number of nitrogens with one attached hydrogen (secondary N) is 2. The molecule has 2 N–H and O–H groups in total. The fourth-order valence-corrected chi connectivity index (χ4v) is 2.35. The summed E-state index contributed by atoms with van der Waals surface area (Å²) in [6.07, 6.45) is 1.76. The first-order chi connectivity index (χ1) is 9.67. The maximum absolute atomic E-state index is 4.40. The normalized spacial score (nSPS) is 10.9. The molecule has 2 heterocycles. The molecule has 0 atom stereocenters. The molecule has 114 valence electrons. The minimum Gasteiger partial charge on any atom is -0.351 e. The second-order valence-corrected chi connectivity index (χ2v) is 5.20. The Kier molecular flexibility index (Phi) is 7.51. The number of rotatable bonds is 4. The largest absolute Gasteiger partial charge is 0.351 e. The van der Waals surface area contributed by atoms with Gasteiger partial charge in [-0.1, -0.05) is 0 Å². The quantitative estimate of drug-likeness (QED) is 0.452. The zero-order chi connectivity index (χ0) is 14.4. The monoisotopic (exact) mass is 418 g/mol. The lowest BCUT2D eigenvalue weighted by Crippen LogP contribution is -2.36. The van der Waals surface area contributed by atoms with E-state index in [0.717, 1.165) is 28.2 Å². The molecular formula is C13H19IN6S. The van der Waals surface area contributed by atoms with Crippen LogP contribution in [0, 0.1) is 13.8 Å². The molecular weight excluding hydrogens is 399 g/mol. The third-order valence-electron chi connectivity index (χ3n) is 2.57. The van der Waals surface area contributed by atoms with E-state index < -0.39 is 0 Å². The summed E-state index contributed by atoms with van der Waals surface area (Å²) < 4.78 is 0. The van der Waals surface area contributed by atoms with E-state index in [1.165, 1.54) is 0 Å². The third kappa shape index (κ3) is 5.92. The van der Waals surface area contributed by atoms with E-state index in [9.17, 15) is 0 Å². The van der Waals surface area contributed by atoms with Crippen molar-refractivity contribution in [1.29, 1.82) is 0 Å². The van der Waals surface area contributed by atoms with Gasteiger partial charge in [0.1, 0.15) is 10.8 Å². The molecule has 0 unspecified atom stereocenters. The molecule has 0 fully saturated rings. The lowest BCUT2D eigenvalue weighted by molar-refractivity contribution is 0.782. The predicted octanol–water partition coefficient (Wildman–Crippen LogP) is 2.03. The highest BCUT2D eigenvalue weighted by Gasteiger charge is 2.02. The van der Waals surface area contributed by atoms with Crippen molar-refractivity contribution < 1.29 is 0 Å². The number of guanidine groups is 1. The Balaban J connectivity index is 0.00000220. The maximum atomic E-state index is 4.40. The smallest absolute Gasteiger partial charge is 0.191 e. The fourth-order valence-electron chi connectivity index (χ4n) is 1.64. The molecule has 2 aromatic heterocycles. The lowest BCUT2D eigenvalue weighted by atomic mass is 10.4. The molecule has 0 bridgehead atoms. The topological polar surface area (TPSA) is 75.1 Å². The van der Waals surface area contributed by atoms with E-state index in [1.54, 1.807) is 24.6 Å². The van der Waals surface area contributed by atoms with E-state index in [2.05, 4.69) is 30.6 Å². The number of hydrogen-bond donors (Lipinski definition) is 2. The molecule has 21 heavy (non-hydrogen) atoms. The minimum atomic E-state index is 0. The summed E-state index contributed by atoms with van der Waals surface area (Å²) >= 11 is 1.64. The number of halogens is 1. The number of thiazole rings is 1. The first-order valence-corrected chi connectivity index (χ1v) is 7.19. The Morgan fingerprint density at radius 2 is 2.00 bits per heavy atom. The standard InChI is InChI=1S/C13H18N6S.HI/c1-9-8-20-12(18-9)7-17-13(14-3)16-6-11-4-5-15-10(2)19-11;/h4-5,8H,6-7H2,1-3H3,(H2,14,16,17);1H. The molecule has 0 aromatic carbocycles. The van der Waals surface area contributed by atoms with Gasteiger partial charge >= 0.3 is 0 Å². The van der Waals surface area contributed by atoms with E-state index in [0.29, 0.717) is 13.1 Å². The van der Waals surface area contributed by atoms with Gasteiger partial charge in [-0.05, 0) is 19.9 Å². The molecule has 0 aliphatic rings. The molecule has 8 heteroatoms. The van der Waals surface area contributed by atoms with Crippen LogP contribution < -0.4 is 10.6 Å². The molecule has 6 nitrogen and oxygen atoms in total. The Hall–Kier alpha value is -1.29. The number of aryl methyl sites for hydroxylation is 2. The first kappa shape index (κ1) is 17.8. The Morgan fingerprint density at radius 3 is 2.62 bits per heavy atom. The van der Waals surface area contributed by atoms with Gasteiger partial charge in [0.25, 0.3) is 0 Å². The van der Waals surface area contributed by atoms with Crippen LogP contribution in [0.1, 0.15) is 22.2 Å². The Morgan fingerprint density at radius 1 is 1.24 bits per heavy atom. The highest BCUT2D eigenvalue weighted by molar-refractivity contribution is 14.0. The van der Waals surface area contributed by atoms with Gasteiger partial charge in [-0.3, -0.25) is 4.99 Å². The number of aromatic nitrogens is 3. The van der Waals surface area contributed by atoms with Gasteiger partial charge in [-0.25, -0.2) is 15.0 Å². The minimum absolute atomic E-state index is 0. The third-order valence-corrected chi connectivity index (χ3v) is 3.53. The first-order valence-electron chi connectivity index (χ1n) is 6.31. The van der Waals surface area contributed by atoms with Crippen molar-refractivity contribution in [2.45, 2.75) is 26.9 Å². The van der Waals surface area contributed by atoms with Crippen molar-refractivity contribution in [2.24, 2.45) is 4.99 Å². The summed E-state index contributed by atoms with van der Waals surface area (Å²) in [5.74, 6) is 1.50. The summed E-state index contributed by atoms with van der Waals surface area (Å²) in [6.45, 7) is 5.15. The van der Waals surface area contributed by atoms with Crippen LogP contribution in [-0.2, 0) is 13.1 Å². The zero-order valence-electron chi connectivity index (χ0n) is 12.3. The molecule has 2 rings (SSSR count). The molecule has 0 spiro atoms. The number of hydrogen-bond acceptors (Lipinski definition) is 5. The summed E-state index contributed by atoms with van der Waals surface area (Å²) in [7, 11) is 1.74. The summed E-state index contributed by atoms with van der Waals surface area (Å²) in [6, 6.07) is 1.89. The summed E-state index contributed by atoms with van der Waals surface area (Å²) in [4.78, 5) is 17.0. The van der Waals surface area contributed by atoms with Crippen LogP contribution >= 0.6 is 35.3 Å². The highest BCUT2D eigenvalue weighted by Crippen LogP contribution is 2.07. The van der Waals surface area contributed by atoms with Gasteiger partial charge in [0.05, 0.1) is 18.8 Å². The average molecular weight is 418 g/mol. The van der Waals surface area contributed by atoms with Crippen molar-refractivity contribution in [3.63, 3.8) is 0 Å². The molecule has 0 aliphatic heterocycles. The van der Waals surface area contributed by atoms with Crippen LogP contribution in [-0.4, -0.2) is 28.0 Å². The van der Waals surface area contributed by atoms with Crippen molar-refractivity contribution in [2.75, 3.05) is 7.05 Å². The highest BCUT2D eigenvalue weighted by atomic mass is 127. The SMILES string of the molecule is CN=C(NCc1ccnc(C)n1)NCc1nc(C)cs1.I. The zero-order valence-corrected chi connectivity index (χ0v) is 15.4. The average Bonchev–Trinajstić information content (AvgIpc) is 2.85. The van der Waals surface area contributed by atoms with E-state index in [4.69, 9.17) is 0 Å². The molecule has 0 saturated carbocycles. The van der Waals surface area contributed by atoms with Crippen molar-refractivity contribution in [3.8, 4) is 0 Å². The van der Waals surface area contributed by atoms with Gasteiger partial charge in [-0.2, -0.15) is 0 Å². The van der Waals surface area contributed by atoms with Gasteiger partial charge in [-0.15, -0.1) is 35.3 Å². The number of aliphatic imine (C=N–C) groups is 1. The second-order valence-electron chi connectivity index (χ2n) is 4.26. The second kappa shape index (κ2) is 8.88. The summed E-state index contributed by atoms with van der Waals surface area (Å²) in [5.41, 5.74) is 1.98. The van der Waals surface area contributed by atoms with Crippen LogP contribution in [0.5, 0.6) is 0 Å². The van der Waals surface area contributed by atoms with Crippen molar-refractivity contribution in [1.82, 2.24) is 25.6 Å². The Labute approximate surface area is 145 Å². The number of nitrogens with zero attached hydrogens (tertiary/aromatic N) is 4. The molecule has 0 aliphatic carbocycles. The van der Waals surface area contributed by atoms with Crippen LogP contribution in [0.4, 0.5) is 0 Å². The maximum Gasteiger partial charge on any atom is 0.191 e.